The number of carbonyl (C=O) groups is 6. The van der Waals surface area contributed by atoms with Gasteiger partial charge < -0.3 is 116 Å². The van der Waals surface area contributed by atoms with Crippen LogP contribution in [0.3, 0.4) is 0 Å². The van der Waals surface area contributed by atoms with Crippen molar-refractivity contribution in [3.05, 3.63) is 186 Å². The van der Waals surface area contributed by atoms with E-state index in [0.717, 1.165) is 64.7 Å². The van der Waals surface area contributed by atoms with E-state index < -0.39 is 23.8 Å². The quantitative estimate of drug-likeness (QED) is 0.0210. The van der Waals surface area contributed by atoms with Crippen LogP contribution in [0.15, 0.2) is 142 Å². The van der Waals surface area contributed by atoms with Gasteiger partial charge in [-0.3, -0.25) is 24.0 Å². The molecule has 4 aromatic carbocycles. The Labute approximate surface area is 867 Å². The van der Waals surface area contributed by atoms with Crippen LogP contribution < -0.4 is 20.4 Å². The molecular weight excluding hydrogens is 1880 g/mol. The molecule has 1 saturated heterocycles. The highest BCUT2D eigenvalue weighted by atomic mass is 16.7. The van der Waals surface area contributed by atoms with Gasteiger partial charge in [0, 0.05) is 131 Å². The molecule has 4 amide bonds. The first-order valence-corrected chi connectivity index (χ1v) is 52.4. The van der Waals surface area contributed by atoms with E-state index in [1.54, 1.807) is 0 Å². The second-order valence-electron chi connectivity index (χ2n) is 40.9. The number of ether oxygens (including phenoxy) is 18. The molecular formula is C114H159N7O26+2. The normalized spacial score (nSPS) is 21.2. The van der Waals surface area contributed by atoms with Gasteiger partial charge >= 0.3 is 11.9 Å². The third-order valence-corrected chi connectivity index (χ3v) is 29.5. The molecule has 2 aliphatic carbocycles. The molecule has 13 aliphatic rings. The predicted molar refractivity (Wildman–Crippen MR) is 555 cm³/mol. The number of rotatable bonds is 57. The molecule has 0 bridgehead atoms. The molecule has 4 aromatic rings. The summed E-state index contributed by atoms with van der Waals surface area (Å²) in [5.74, 6) is -1.82. The molecule has 33 nitrogen and oxygen atoms in total. The minimum Gasteiger partial charge on any atom is -0.481 e. The maximum Gasteiger partial charge on any atom is 0.335 e. The van der Waals surface area contributed by atoms with Gasteiger partial charge in [0.15, 0.2) is 24.5 Å². The van der Waals surface area contributed by atoms with E-state index in [1.165, 1.54) is 112 Å². The van der Waals surface area contributed by atoms with E-state index in [-0.39, 0.29) is 118 Å². The smallest absolute Gasteiger partial charge is 0.335 e. The van der Waals surface area contributed by atoms with Gasteiger partial charge in [-0.15, -0.1) is 5.06 Å². The first kappa shape index (κ1) is 113. The van der Waals surface area contributed by atoms with Crippen molar-refractivity contribution < 1.29 is 133 Å². The molecule has 11 heterocycles. The Balaban J connectivity index is 0.000000230. The standard InChI is InChI=1S/C58H76N4O14.C54H73N3O12.2CH4/c1-39-6-8-47-45(34-39)57(2,3)54-43-35-42-36-44-49(75-50(42)38-40(43)12-16-60(47)54)13-17-61-48-9-7-41(37-46(48)58(4,5)55(44)61)56(66)59-15-19-68-21-23-70-25-27-72-29-31-74-33-32-73-30-28-71-26-24-69-22-20-67-18-14-53(65)76-62-51(63)10-11-52(62)64;1-37-6-8-45-43(32-37)53(2,3)50-41-33-40-34-42-47(69-48(40)36-38(41)10-14-56(45)50)11-15-57-46-9-7-39(35-44(46)54(4,5)51(42)57)52(60)55-13-17-62-19-21-64-23-25-66-27-29-68-31-30-67-28-26-65-24-22-63-20-18-61-16-12-49(58)59;;/h6-9,34-37,40,49-50H,10-33,38H2,1-5H3;6-9,32-35,38,47-48H,10-31,36H2,1-5H3,(H-,55,58,59,60);2*1H4/p+2/t40-,49-,50+;38-,47-,48+;;/m11../s1. The van der Waals surface area contributed by atoms with Gasteiger partial charge in [-0.05, 0) is 161 Å². The number of anilines is 2. The third-order valence-electron chi connectivity index (χ3n) is 29.5. The first-order valence-electron chi connectivity index (χ1n) is 52.4. The number of nitrogens with one attached hydrogen (secondary N) is 2. The molecule has 0 unspecified atom stereocenters. The number of hydrogen-bond acceptors (Lipinski definition) is 27. The lowest BCUT2D eigenvalue weighted by molar-refractivity contribution is -0.445. The van der Waals surface area contributed by atoms with E-state index in [1.807, 2.05) is 12.1 Å². The van der Waals surface area contributed by atoms with Crippen LogP contribution >= 0.6 is 0 Å². The van der Waals surface area contributed by atoms with Crippen molar-refractivity contribution in [3.8, 4) is 0 Å². The lowest BCUT2D eigenvalue weighted by Gasteiger charge is -2.44. The number of allylic oxidation sites excluding steroid dienone is 6. The Kier molecular flexibility index (Phi) is 41.2. The van der Waals surface area contributed by atoms with E-state index in [4.69, 9.17) is 95.2 Å². The number of carboxylic acids is 1. The van der Waals surface area contributed by atoms with Gasteiger partial charge in [0.05, 0.1) is 260 Å². The monoisotopic (exact) mass is 2040 g/mol. The zero-order valence-electron chi connectivity index (χ0n) is 86.5. The highest BCUT2D eigenvalue weighted by Gasteiger charge is 2.57. The molecule has 11 aliphatic heterocycles. The van der Waals surface area contributed by atoms with Gasteiger partial charge in [-0.1, -0.05) is 90.1 Å². The van der Waals surface area contributed by atoms with Crippen LogP contribution in [-0.2, 0) is 131 Å². The first-order chi connectivity index (χ1) is 70.3. The van der Waals surface area contributed by atoms with Crippen LogP contribution in [0.25, 0.3) is 0 Å². The fourth-order valence-electron chi connectivity index (χ4n) is 22.5. The summed E-state index contributed by atoms with van der Waals surface area (Å²) >= 11 is 0. The topological polar surface area (TPSA) is 338 Å². The molecule has 0 saturated carbocycles. The maximum absolute atomic E-state index is 13.5. The maximum atomic E-state index is 13.5. The van der Waals surface area contributed by atoms with Crippen molar-refractivity contribution in [2.75, 3.05) is 260 Å². The minimum absolute atomic E-state index is 0. The molecule has 1 fully saturated rings. The number of benzene rings is 4. The van der Waals surface area contributed by atoms with Crippen LogP contribution in [0.4, 0.5) is 22.7 Å². The average molecular weight is 2040 g/mol. The molecule has 0 aromatic heterocycles. The van der Waals surface area contributed by atoms with Crippen molar-refractivity contribution in [2.24, 2.45) is 11.8 Å². The molecule has 0 spiro atoms. The number of carbonyl (C=O) groups excluding carboxylic acids is 5. The summed E-state index contributed by atoms with van der Waals surface area (Å²) in [6.07, 6.45) is 16.5. The average Bonchev–Trinajstić information content (AvgIpc) is 1.55. The number of aryl methyl sites for hydroxylation is 2. The molecule has 147 heavy (non-hydrogen) atoms. The zero-order valence-corrected chi connectivity index (χ0v) is 86.5. The van der Waals surface area contributed by atoms with Gasteiger partial charge in [0.1, 0.15) is 0 Å². The SMILES string of the molecule is C.C.Cc1ccc2c(c1)C(C)(C)C1=C3C=C4C=C5C6=[N+](CC[C@H]5O[C@H]4C[C@H]3CCN12)c1ccc(C(=O)NCCOCCOCCOCCOCCOCCOCCOCCOCCC(=O)O)cc1C6(C)C.Cc1ccc2c(c1)C(C)(C)C1=C3C=C4C=C5C6=[N+](CC[C@H]5O[C@H]4C[C@H]3CCN12)c1ccc(C(=O)NCCOCCOCCOCCOCCOCCOCCOCCOCCC(=O)ON2C(=O)CCC2=O)cc1C6(C)C. The summed E-state index contributed by atoms with van der Waals surface area (Å²) < 4.78 is 107. The Hall–Kier alpha value is -9.44. The zero-order chi connectivity index (χ0) is 102. The van der Waals surface area contributed by atoms with Crippen molar-refractivity contribution >= 4 is 69.7 Å². The number of hydrogen-bond donors (Lipinski definition) is 3. The molecule has 17 rings (SSSR count). The van der Waals surface area contributed by atoms with E-state index in [0.29, 0.717) is 233 Å². The van der Waals surface area contributed by atoms with Crippen LogP contribution in [0, 0.1) is 25.7 Å². The van der Waals surface area contributed by atoms with Crippen molar-refractivity contribution in [2.45, 2.75) is 194 Å². The third kappa shape index (κ3) is 27.6. The van der Waals surface area contributed by atoms with Crippen molar-refractivity contribution in [3.63, 3.8) is 0 Å². The summed E-state index contributed by atoms with van der Waals surface area (Å²) in [7, 11) is 0. The molecule has 0 radical (unpaired) electrons. The highest BCUT2D eigenvalue weighted by Crippen LogP contribution is 2.58. The second kappa shape index (κ2) is 53.5. The molecule has 3 N–H and O–H groups in total. The highest BCUT2D eigenvalue weighted by molar-refractivity contribution is 6.11. The minimum atomic E-state index is -0.877. The van der Waals surface area contributed by atoms with Gasteiger partial charge in [-0.2, -0.15) is 9.15 Å². The summed E-state index contributed by atoms with van der Waals surface area (Å²) in [5.41, 5.74) is 27.1. The number of carboxylic acid groups (broad SMARTS) is 1. The van der Waals surface area contributed by atoms with Gasteiger partial charge in [0.2, 0.25) is 11.4 Å². The van der Waals surface area contributed by atoms with E-state index >= 15 is 0 Å². The Bertz CT molecular complexity index is 5500. The Morgan fingerprint density at radius 3 is 1.03 bits per heavy atom. The lowest BCUT2D eigenvalue weighted by atomic mass is 9.71. The van der Waals surface area contributed by atoms with Crippen LogP contribution in [0.2, 0.25) is 0 Å². The van der Waals surface area contributed by atoms with Crippen LogP contribution in [0.1, 0.15) is 189 Å². The molecule has 804 valence electrons. The van der Waals surface area contributed by atoms with E-state index in [2.05, 4.69) is 184 Å². The number of nitrogens with zero attached hydrogens (tertiary/aromatic N) is 5. The van der Waals surface area contributed by atoms with Gasteiger partial charge in [0.25, 0.3) is 23.6 Å². The molecule has 6 atom stereocenters. The lowest BCUT2D eigenvalue weighted by Crippen LogP contribution is -2.46. The fourth-order valence-corrected chi connectivity index (χ4v) is 22.5. The Morgan fingerprint density at radius 1 is 0.381 bits per heavy atom. The number of amides is 4. The van der Waals surface area contributed by atoms with Gasteiger partial charge in [-0.25, -0.2) is 4.79 Å². The van der Waals surface area contributed by atoms with Crippen LogP contribution in [-0.4, -0.2) is 341 Å². The Morgan fingerprint density at radius 2 is 0.701 bits per heavy atom. The summed E-state index contributed by atoms with van der Waals surface area (Å²) in [5, 5.41) is 15.2. The van der Waals surface area contributed by atoms with Crippen molar-refractivity contribution in [1.82, 2.24) is 15.7 Å². The number of imide groups is 1. The largest absolute Gasteiger partial charge is 0.481 e. The number of hydroxylamine groups is 2. The molecule has 33 heteroatoms. The predicted octanol–water partition coefficient (Wildman–Crippen LogP) is 13.2. The number of aliphatic carboxylic acids is 1. The fraction of sp³-hybridized carbons (Fsp3) is 0.614. The van der Waals surface area contributed by atoms with E-state index in [9.17, 15) is 28.8 Å². The van der Waals surface area contributed by atoms with Crippen molar-refractivity contribution in [1.29, 1.82) is 0 Å². The number of fused-ring (bicyclic) bond motifs is 18. The summed E-state index contributed by atoms with van der Waals surface area (Å²) in [6, 6.07) is 26.2. The second-order valence-corrected chi connectivity index (χ2v) is 40.9. The van der Waals surface area contributed by atoms with Crippen LogP contribution in [0.5, 0.6) is 0 Å². The summed E-state index contributed by atoms with van der Waals surface area (Å²) in [6.45, 7) is 40.8. The summed E-state index contributed by atoms with van der Waals surface area (Å²) in [4.78, 5) is 81.9.